The molecule has 0 saturated heterocycles. The number of sulfone groups is 1. The van der Waals surface area contributed by atoms with Crippen LogP contribution in [-0.2, 0) is 16.4 Å². The van der Waals surface area contributed by atoms with Crippen LogP contribution in [-0.4, -0.2) is 26.7 Å². The first kappa shape index (κ1) is 17.7. The molecule has 0 aromatic heterocycles. The summed E-state index contributed by atoms with van der Waals surface area (Å²) in [4.78, 5) is 10.5. The summed E-state index contributed by atoms with van der Waals surface area (Å²) in [6, 6.07) is 8.08. The summed E-state index contributed by atoms with van der Waals surface area (Å²) in [6.07, 6.45) is 1.11. The molecular weight excluding hydrogens is 339 g/mol. The molecule has 1 N–H and O–H groups in total. The lowest BCUT2D eigenvalue weighted by Crippen LogP contribution is -2.05. The van der Waals surface area contributed by atoms with Gasteiger partial charge in [-0.25, -0.2) is 12.8 Å². The van der Waals surface area contributed by atoms with Gasteiger partial charge in [0.2, 0.25) is 0 Å². The third kappa shape index (κ3) is 3.99. The Morgan fingerprint density at radius 2 is 1.88 bits per heavy atom. The van der Waals surface area contributed by atoms with E-state index in [2.05, 4.69) is 5.32 Å². The van der Waals surface area contributed by atoms with Gasteiger partial charge in [0, 0.05) is 18.9 Å². The minimum Gasteiger partial charge on any atom is -0.494 e. The van der Waals surface area contributed by atoms with Crippen LogP contribution in [0.25, 0.3) is 0 Å². The van der Waals surface area contributed by atoms with Crippen LogP contribution in [0, 0.1) is 15.9 Å². The first-order chi connectivity index (χ1) is 11.2. The molecule has 0 aliphatic heterocycles. The van der Waals surface area contributed by atoms with Crippen LogP contribution in [0.15, 0.2) is 41.3 Å². The van der Waals surface area contributed by atoms with E-state index >= 15 is 0 Å². The van der Waals surface area contributed by atoms with E-state index in [0.717, 1.165) is 12.3 Å². The Bertz CT molecular complexity index is 866. The monoisotopic (exact) mass is 354 g/mol. The molecule has 7 nitrogen and oxygen atoms in total. The van der Waals surface area contributed by atoms with E-state index in [4.69, 9.17) is 4.74 Å². The zero-order chi connectivity index (χ0) is 17.9. The van der Waals surface area contributed by atoms with E-state index in [1.54, 1.807) is 12.1 Å². The van der Waals surface area contributed by atoms with Gasteiger partial charge in [0.05, 0.1) is 23.0 Å². The topological polar surface area (TPSA) is 98.5 Å². The highest BCUT2D eigenvalue weighted by molar-refractivity contribution is 7.90. The number of nitrogens with one attached hydrogen (secondary N) is 1. The zero-order valence-corrected chi connectivity index (χ0v) is 13.8. The van der Waals surface area contributed by atoms with Crippen molar-refractivity contribution >= 4 is 21.2 Å². The van der Waals surface area contributed by atoms with Crippen molar-refractivity contribution in [2.24, 2.45) is 0 Å². The number of halogens is 1. The molecule has 24 heavy (non-hydrogen) atoms. The molecule has 0 aliphatic rings. The van der Waals surface area contributed by atoms with Crippen molar-refractivity contribution < 1.29 is 22.5 Å². The standard InChI is InChI=1S/C15H15FN2O5S/c1-23-15-8-13(14(18(19)20)7-12(15)16)17-9-10-3-5-11(6-4-10)24(2,21)22/h3-8,17H,9H2,1-2H3. The van der Waals surface area contributed by atoms with Gasteiger partial charge in [0.25, 0.3) is 5.69 Å². The summed E-state index contributed by atoms with van der Waals surface area (Å²) >= 11 is 0. The van der Waals surface area contributed by atoms with E-state index < -0.39 is 26.3 Å². The van der Waals surface area contributed by atoms with Gasteiger partial charge >= 0.3 is 0 Å². The number of rotatable bonds is 6. The van der Waals surface area contributed by atoms with Gasteiger partial charge in [0.1, 0.15) is 5.69 Å². The van der Waals surface area contributed by atoms with Gasteiger partial charge in [-0.2, -0.15) is 0 Å². The number of nitrogens with zero attached hydrogens (tertiary/aromatic N) is 1. The van der Waals surface area contributed by atoms with Crippen molar-refractivity contribution in [3.8, 4) is 5.75 Å². The lowest BCUT2D eigenvalue weighted by atomic mass is 10.2. The highest BCUT2D eigenvalue weighted by atomic mass is 32.2. The van der Waals surface area contributed by atoms with E-state index in [0.29, 0.717) is 5.56 Å². The Balaban J connectivity index is 2.24. The van der Waals surface area contributed by atoms with Gasteiger partial charge < -0.3 is 10.1 Å². The minimum atomic E-state index is -3.29. The average Bonchev–Trinajstić information content (AvgIpc) is 2.52. The number of ether oxygens (including phenoxy) is 1. The quantitative estimate of drug-likeness (QED) is 0.633. The molecule has 2 aromatic rings. The van der Waals surface area contributed by atoms with Crippen molar-refractivity contribution in [1.29, 1.82) is 0 Å². The Hall–Kier alpha value is -2.68. The maximum Gasteiger partial charge on any atom is 0.295 e. The third-order valence-electron chi connectivity index (χ3n) is 3.30. The van der Waals surface area contributed by atoms with Crippen LogP contribution in [0.5, 0.6) is 5.75 Å². The second kappa shape index (κ2) is 6.83. The predicted molar refractivity (Wildman–Crippen MR) is 86.5 cm³/mol. The first-order valence-electron chi connectivity index (χ1n) is 6.77. The van der Waals surface area contributed by atoms with E-state index in [1.807, 2.05) is 0 Å². The number of hydrogen-bond donors (Lipinski definition) is 1. The summed E-state index contributed by atoms with van der Waals surface area (Å²) in [6.45, 7) is 0.194. The van der Waals surface area contributed by atoms with Gasteiger partial charge in [-0.15, -0.1) is 0 Å². The summed E-state index contributed by atoms with van der Waals surface area (Å²) in [7, 11) is -2.02. The summed E-state index contributed by atoms with van der Waals surface area (Å²) < 4.78 is 41.2. The largest absolute Gasteiger partial charge is 0.494 e. The van der Waals surface area contributed by atoms with Gasteiger partial charge in [0.15, 0.2) is 21.4 Å². The van der Waals surface area contributed by atoms with Crippen LogP contribution in [0.3, 0.4) is 0 Å². The fourth-order valence-corrected chi connectivity index (χ4v) is 2.67. The molecular formula is C15H15FN2O5S. The zero-order valence-electron chi connectivity index (χ0n) is 12.9. The molecule has 0 saturated carbocycles. The predicted octanol–water partition coefficient (Wildman–Crippen LogP) is 2.76. The van der Waals surface area contributed by atoms with Crippen molar-refractivity contribution in [1.82, 2.24) is 0 Å². The lowest BCUT2D eigenvalue weighted by molar-refractivity contribution is -0.384. The molecule has 0 fully saturated rings. The Morgan fingerprint density at radius 3 is 2.38 bits per heavy atom. The van der Waals surface area contributed by atoms with Crippen LogP contribution < -0.4 is 10.1 Å². The second-order valence-electron chi connectivity index (χ2n) is 5.03. The van der Waals surface area contributed by atoms with Crippen molar-refractivity contribution in [2.45, 2.75) is 11.4 Å². The van der Waals surface area contributed by atoms with Crippen LogP contribution in [0.4, 0.5) is 15.8 Å². The Kier molecular flexibility index (Phi) is 5.03. The van der Waals surface area contributed by atoms with Crippen LogP contribution in [0.1, 0.15) is 5.56 Å². The summed E-state index contributed by atoms with van der Waals surface area (Å²) in [5.74, 6) is -0.942. The molecule has 0 atom stereocenters. The minimum absolute atomic E-state index is 0.102. The number of hydrogen-bond acceptors (Lipinski definition) is 6. The molecule has 128 valence electrons. The Morgan fingerprint density at radius 1 is 1.25 bits per heavy atom. The normalized spacial score (nSPS) is 11.1. The average molecular weight is 354 g/mol. The maximum absolute atomic E-state index is 13.6. The van der Waals surface area contributed by atoms with E-state index in [-0.39, 0.29) is 22.9 Å². The summed E-state index contributed by atoms with van der Waals surface area (Å²) in [5.41, 5.74) is 0.395. The van der Waals surface area contributed by atoms with E-state index in [1.165, 1.54) is 25.3 Å². The van der Waals surface area contributed by atoms with Crippen molar-refractivity contribution in [2.75, 3.05) is 18.7 Å². The fraction of sp³-hybridized carbons (Fsp3) is 0.200. The lowest BCUT2D eigenvalue weighted by Gasteiger charge is -2.10. The summed E-state index contributed by atoms with van der Waals surface area (Å²) in [5, 5.41) is 13.9. The molecule has 0 amide bonds. The first-order valence-corrected chi connectivity index (χ1v) is 8.66. The molecule has 0 unspecified atom stereocenters. The van der Waals surface area contributed by atoms with Crippen LogP contribution >= 0.6 is 0 Å². The SMILES string of the molecule is COc1cc(NCc2ccc(S(C)(=O)=O)cc2)c([N+](=O)[O-])cc1F. The maximum atomic E-state index is 13.6. The molecule has 9 heteroatoms. The van der Waals surface area contributed by atoms with Crippen molar-refractivity contribution in [3.63, 3.8) is 0 Å². The van der Waals surface area contributed by atoms with Gasteiger partial charge in [-0.05, 0) is 17.7 Å². The van der Waals surface area contributed by atoms with Gasteiger partial charge in [-0.3, -0.25) is 10.1 Å². The Labute approximate surface area is 138 Å². The molecule has 0 aliphatic carbocycles. The molecule has 0 heterocycles. The van der Waals surface area contributed by atoms with Gasteiger partial charge in [-0.1, -0.05) is 12.1 Å². The fourth-order valence-electron chi connectivity index (χ4n) is 2.04. The third-order valence-corrected chi connectivity index (χ3v) is 4.43. The molecule has 2 aromatic carbocycles. The highest BCUT2D eigenvalue weighted by Crippen LogP contribution is 2.32. The second-order valence-corrected chi connectivity index (χ2v) is 7.05. The molecule has 2 rings (SSSR count). The highest BCUT2D eigenvalue weighted by Gasteiger charge is 2.19. The molecule has 0 radical (unpaired) electrons. The number of nitro benzene ring substituents is 1. The number of nitro groups is 1. The number of benzene rings is 2. The molecule has 0 spiro atoms. The smallest absolute Gasteiger partial charge is 0.295 e. The van der Waals surface area contributed by atoms with E-state index in [9.17, 15) is 22.9 Å². The number of anilines is 1. The van der Waals surface area contributed by atoms with Crippen LogP contribution in [0.2, 0.25) is 0 Å². The van der Waals surface area contributed by atoms with Crippen molar-refractivity contribution in [3.05, 3.63) is 57.9 Å². The molecule has 0 bridgehead atoms. The number of methoxy groups -OCH3 is 1.